The van der Waals surface area contributed by atoms with E-state index in [9.17, 15) is 4.79 Å². The Balaban J connectivity index is 2.19. The molecule has 0 aromatic heterocycles. The Kier molecular flexibility index (Phi) is 3.30. The summed E-state index contributed by atoms with van der Waals surface area (Å²) in [5.74, 6) is 0.689. The number of ether oxygens (including phenoxy) is 2. The number of carbonyl (C=O) groups excluding carboxylic acids is 1. The standard InChI is InChI=1S/C14H22O3/c1-9-5-10(2)14(8-17-12(4)15)6-13(9)11(3)16-7-14/h5,10-11,13H,6-8H2,1-4H3/t10-,11+,13+,14+/m0/s1. The number of esters is 1. The van der Waals surface area contributed by atoms with Crippen LogP contribution in [0.4, 0.5) is 0 Å². The molecule has 17 heavy (non-hydrogen) atoms. The van der Waals surface area contributed by atoms with Gasteiger partial charge in [0.2, 0.25) is 0 Å². The molecule has 0 aromatic carbocycles. The van der Waals surface area contributed by atoms with E-state index in [-0.39, 0.29) is 17.5 Å². The Labute approximate surface area is 103 Å². The van der Waals surface area contributed by atoms with Crippen LogP contribution >= 0.6 is 0 Å². The third kappa shape index (κ3) is 2.25. The van der Waals surface area contributed by atoms with Crippen LogP contribution in [0.25, 0.3) is 0 Å². The number of rotatable bonds is 2. The van der Waals surface area contributed by atoms with E-state index >= 15 is 0 Å². The van der Waals surface area contributed by atoms with Gasteiger partial charge in [0.1, 0.15) is 0 Å². The second-order valence-corrected chi connectivity index (χ2v) is 5.67. The zero-order valence-electron chi connectivity index (χ0n) is 11.2. The van der Waals surface area contributed by atoms with Gasteiger partial charge >= 0.3 is 5.97 Å². The molecule has 2 bridgehead atoms. The molecular formula is C14H22O3. The average Bonchev–Trinajstić information content (AvgIpc) is 2.27. The Morgan fingerprint density at radius 3 is 2.94 bits per heavy atom. The fraction of sp³-hybridized carbons (Fsp3) is 0.786. The van der Waals surface area contributed by atoms with Gasteiger partial charge in [0.25, 0.3) is 0 Å². The first-order valence-corrected chi connectivity index (χ1v) is 6.38. The first-order chi connectivity index (χ1) is 7.94. The van der Waals surface area contributed by atoms with Gasteiger partial charge < -0.3 is 9.47 Å². The van der Waals surface area contributed by atoms with Gasteiger partial charge in [-0.1, -0.05) is 18.6 Å². The predicted octanol–water partition coefficient (Wildman–Crippen LogP) is 2.56. The minimum absolute atomic E-state index is 0.0116. The summed E-state index contributed by atoms with van der Waals surface area (Å²) >= 11 is 0. The largest absolute Gasteiger partial charge is 0.465 e. The summed E-state index contributed by atoms with van der Waals surface area (Å²) in [4.78, 5) is 11.0. The molecule has 4 atom stereocenters. The van der Waals surface area contributed by atoms with Crippen LogP contribution in [0, 0.1) is 17.3 Å². The molecule has 0 radical (unpaired) electrons. The molecule has 0 aromatic rings. The fourth-order valence-corrected chi connectivity index (χ4v) is 3.10. The minimum Gasteiger partial charge on any atom is -0.465 e. The maximum atomic E-state index is 11.0. The zero-order chi connectivity index (χ0) is 12.6. The monoisotopic (exact) mass is 238 g/mol. The summed E-state index contributed by atoms with van der Waals surface area (Å²) in [5.41, 5.74) is 1.41. The van der Waals surface area contributed by atoms with Gasteiger partial charge in [-0.25, -0.2) is 0 Å². The third-order valence-electron chi connectivity index (χ3n) is 4.45. The normalized spacial score (nSPS) is 40.7. The van der Waals surface area contributed by atoms with Crippen LogP contribution in [0.5, 0.6) is 0 Å². The number of hydrogen-bond acceptors (Lipinski definition) is 3. The van der Waals surface area contributed by atoms with Gasteiger partial charge in [0, 0.05) is 18.3 Å². The number of carbonyl (C=O) groups is 1. The molecule has 1 heterocycles. The highest BCUT2D eigenvalue weighted by Crippen LogP contribution is 2.48. The van der Waals surface area contributed by atoms with Crippen molar-refractivity contribution in [3.63, 3.8) is 0 Å². The van der Waals surface area contributed by atoms with Crippen molar-refractivity contribution >= 4 is 5.97 Å². The Hall–Kier alpha value is -0.830. The lowest BCUT2D eigenvalue weighted by Crippen LogP contribution is -2.50. The number of fused-ring (bicyclic) bond motifs is 2. The second-order valence-electron chi connectivity index (χ2n) is 5.67. The molecule has 3 nitrogen and oxygen atoms in total. The van der Waals surface area contributed by atoms with Crippen LogP contribution in [0.3, 0.4) is 0 Å². The van der Waals surface area contributed by atoms with Gasteiger partial charge in [0.05, 0.1) is 19.3 Å². The number of allylic oxidation sites excluding steroid dienone is 1. The van der Waals surface area contributed by atoms with Crippen LogP contribution in [-0.2, 0) is 14.3 Å². The van der Waals surface area contributed by atoms with Crippen molar-refractivity contribution in [2.24, 2.45) is 17.3 Å². The van der Waals surface area contributed by atoms with E-state index in [1.54, 1.807) is 0 Å². The van der Waals surface area contributed by atoms with E-state index in [2.05, 4.69) is 26.8 Å². The molecule has 96 valence electrons. The summed E-state index contributed by atoms with van der Waals surface area (Å²) in [6, 6.07) is 0. The number of hydrogen-bond donors (Lipinski definition) is 0. The van der Waals surface area contributed by atoms with Crippen molar-refractivity contribution in [2.75, 3.05) is 13.2 Å². The SMILES string of the molecule is CC(=O)OC[C@]12CO[C@H](C)[C@H](C1)C(C)=C[C@@H]2C. The van der Waals surface area contributed by atoms with Crippen molar-refractivity contribution in [1.29, 1.82) is 0 Å². The lowest BCUT2D eigenvalue weighted by molar-refractivity contribution is -0.159. The molecular weight excluding hydrogens is 216 g/mol. The molecule has 0 N–H and O–H groups in total. The highest BCUT2D eigenvalue weighted by Gasteiger charge is 2.47. The second kappa shape index (κ2) is 4.45. The molecule has 0 unspecified atom stereocenters. The van der Waals surface area contributed by atoms with Crippen molar-refractivity contribution in [1.82, 2.24) is 0 Å². The van der Waals surface area contributed by atoms with Gasteiger partial charge in [-0.05, 0) is 26.2 Å². The van der Waals surface area contributed by atoms with Gasteiger partial charge in [0.15, 0.2) is 0 Å². The third-order valence-corrected chi connectivity index (χ3v) is 4.45. The van der Waals surface area contributed by atoms with Crippen LogP contribution in [0.1, 0.15) is 34.1 Å². The van der Waals surface area contributed by atoms with Crippen molar-refractivity contribution in [2.45, 2.75) is 40.2 Å². The van der Waals surface area contributed by atoms with E-state index in [4.69, 9.17) is 9.47 Å². The Bertz CT molecular complexity index is 347. The lowest BCUT2D eigenvalue weighted by atomic mass is 9.63. The summed E-state index contributed by atoms with van der Waals surface area (Å²) < 4.78 is 11.1. The van der Waals surface area contributed by atoms with Crippen molar-refractivity contribution in [3.05, 3.63) is 11.6 Å². The quantitative estimate of drug-likeness (QED) is 0.548. The van der Waals surface area contributed by atoms with E-state index < -0.39 is 0 Å². The Morgan fingerprint density at radius 2 is 2.29 bits per heavy atom. The van der Waals surface area contributed by atoms with E-state index in [1.165, 1.54) is 12.5 Å². The molecule has 1 aliphatic heterocycles. The van der Waals surface area contributed by atoms with Crippen LogP contribution < -0.4 is 0 Å². The fourth-order valence-electron chi connectivity index (χ4n) is 3.10. The van der Waals surface area contributed by atoms with Gasteiger partial charge in [-0.3, -0.25) is 4.79 Å². The minimum atomic E-state index is -0.201. The smallest absolute Gasteiger partial charge is 0.302 e. The molecule has 0 saturated carbocycles. The maximum Gasteiger partial charge on any atom is 0.302 e. The van der Waals surface area contributed by atoms with Crippen LogP contribution in [0.2, 0.25) is 0 Å². The van der Waals surface area contributed by atoms with Gasteiger partial charge in [-0.15, -0.1) is 0 Å². The molecule has 2 rings (SSSR count). The molecule has 3 heteroatoms. The molecule has 0 amide bonds. The van der Waals surface area contributed by atoms with E-state index in [1.807, 2.05) is 0 Å². The Morgan fingerprint density at radius 1 is 1.59 bits per heavy atom. The first-order valence-electron chi connectivity index (χ1n) is 6.38. The van der Waals surface area contributed by atoms with Gasteiger partial charge in [-0.2, -0.15) is 0 Å². The highest BCUT2D eigenvalue weighted by atomic mass is 16.5. The summed E-state index contributed by atoms with van der Waals surface area (Å²) in [6.07, 6.45) is 3.69. The van der Waals surface area contributed by atoms with E-state index in [0.717, 1.165) is 6.42 Å². The molecule has 1 saturated heterocycles. The predicted molar refractivity (Wildman–Crippen MR) is 65.5 cm³/mol. The summed E-state index contributed by atoms with van der Waals surface area (Å²) in [5, 5.41) is 0. The maximum absolute atomic E-state index is 11.0. The van der Waals surface area contributed by atoms with E-state index in [0.29, 0.717) is 25.0 Å². The average molecular weight is 238 g/mol. The van der Waals surface area contributed by atoms with Crippen molar-refractivity contribution in [3.8, 4) is 0 Å². The topological polar surface area (TPSA) is 35.5 Å². The zero-order valence-corrected chi connectivity index (χ0v) is 11.2. The lowest BCUT2D eigenvalue weighted by Gasteiger charge is -2.49. The highest BCUT2D eigenvalue weighted by molar-refractivity contribution is 5.65. The van der Waals surface area contributed by atoms with Crippen LogP contribution in [0.15, 0.2) is 11.6 Å². The first kappa shape index (κ1) is 12.6. The van der Waals surface area contributed by atoms with Crippen LogP contribution in [-0.4, -0.2) is 25.3 Å². The molecule has 0 spiro atoms. The molecule has 1 aliphatic carbocycles. The summed E-state index contributed by atoms with van der Waals surface area (Å²) in [6.45, 7) is 9.16. The summed E-state index contributed by atoms with van der Waals surface area (Å²) in [7, 11) is 0. The molecule has 2 aliphatic rings. The van der Waals surface area contributed by atoms with Crippen molar-refractivity contribution < 1.29 is 14.3 Å². The molecule has 1 fully saturated rings.